The van der Waals surface area contributed by atoms with Gasteiger partial charge in [0.1, 0.15) is 5.60 Å². The smallest absolute Gasteiger partial charge is 0.248 e. The van der Waals surface area contributed by atoms with Crippen molar-refractivity contribution in [3.8, 4) is 0 Å². The molecule has 0 aliphatic carbocycles. The highest BCUT2D eigenvalue weighted by Gasteiger charge is 2.31. The summed E-state index contributed by atoms with van der Waals surface area (Å²) in [5, 5.41) is 15.3. The van der Waals surface area contributed by atoms with Crippen molar-refractivity contribution in [1.29, 1.82) is 0 Å². The van der Waals surface area contributed by atoms with Crippen molar-refractivity contribution in [2.45, 2.75) is 66.4 Å². The second-order valence-electron chi connectivity index (χ2n) is 11.7. The Morgan fingerprint density at radius 2 is 1.56 bits per heavy atom. The first kappa shape index (κ1) is 34.7. The molecular formula is C40H47N3O2. The summed E-state index contributed by atoms with van der Waals surface area (Å²) in [6.07, 6.45) is 5.87. The fraction of sp³-hybridized carbons (Fsp3) is 0.250. The van der Waals surface area contributed by atoms with Crippen molar-refractivity contribution in [2.75, 3.05) is 0 Å². The van der Waals surface area contributed by atoms with Crippen LogP contribution in [0, 0.1) is 6.92 Å². The van der Waals surface area contributed by atoms with Crippen LogP contribution in [0.1, 0.15) is 71.0 Å². The first-order chi connectivity index (χ1) is 21.3. The molecule has 1 unspecified atom stereocenters. The summed E-state index contributed by atoms with van der Waals surface area (Å²) in [6, 6.07) is 25.2. The van der Waals surface area contributed by atoms with Gasteiger partial charge in [-0.15, -0.1) is 0 Å². The molecule has 1 atom stereocenters. The number of pyridine rings is 2. The number of dihydropyridines is 1. The molecule has 0 bridgehead atoms. The Hall–Kier alpha value is -4.74. The minimum absolute atomic E-state index is 0.200. The highest BCUT2D eigenvalue weighted by atomic mass is 16.3. The summed E-state index contributed by atoms with van der Waals surface area (Å²) in [6.45, 7) is 24.3. The molecule has 1 aliphatic heterocycles. The lowest BCUT2D eigenvalue weighted by atomic mass is 9.81. The van der Waals surface area contributed by atoms with Crippen LogP contribution < -0.4 is 10.9 Å². The molecule has 5 nitrogen and oxygen atoms in total. The number of para-hydroxylation sites is 1. The van der Waals surface area contributed by atoms with E-state index in [0.717, 1.165) is 28.0 Å². The van der Waals surface area contributed by atoms with Gasteiger partial charge in [-0.2, -0.15) is 0 Å². The number of aromatic amines is 1. The molecule has 5 heteroatoms. The summed E-state index contributed by atoms with van der Waals surface area (Å²) in [5.74, 6) is 0. The Labute approximate surface area is 268 Å². The van der Waals surface area contributed by atoms with Crippen LogP contribution in [0.3, 0.4) is 0 Å². The van der Waals surface area contributed by atoms with E-state index in [2.05, 4.69) is 81.5 Å². The standard InChI is InChI=1S/C20H22N2.C18H19NO2.C2H6/c1-13-12-14(2)19(21-15(13)3)20(4,5)18-11-10-16-8-6-7-9-17(16)22-18;1-13-7-4-5-8-15(13)12-11-14(2)18(3,21)16-9-6-10-17(20)19-16;1-2/h6-12,21H,3H2,1-2,4-5H3;4-12,21H,2H2,1,3H3,(H,19,20);1-2H3/b;12-11-;. The molecule has 0 fully saturated rings. The second kappa shape index (κ2) is 14.8. The molecule has 3 heterocycles. The van der Waals surface area contributed by atoms with E-state index in [0.29, 0.717) is 11.3 Å². The van der Waals surface area contributed by atoms with E-state index in [9.17, 15) is 9.90 Å². The van der Waals surface area contributed by atoms with E-state index >= 15 is 0 Å². The Morgan fingerprint density at radius 3 is 2.24 bits per heavy atom. The van der Waals surface area contributed by atoms with E-state index in [4.69, 9.17) is 4.98 Å². The van der Waals surface area contributed by atoms with Crippen molar-refractivity contribution in [3.63, 3.8) is 0 Å². The largest absolute Gasteiger partial charge is 0.379 e. The lowest BCUT2D eigenvalue weighted by Gasteiger charge is -2.33. The molecule has 0 amide bonds. The summed E-state index contributed by atoms with van der Waals surface area (Å²) < 4.78 is 0. The maximum Gasteiger partial charge on any atom is 0.248 e. The molecule has 0 radical (unpaired) electrons. The highest BCUT2D eigenvalue weighted by Crippen LogP contribution is 2.35. The summed E-state index contributed by atoms with van der Waals surface area (Å²) in [5.41, 5.74) is 8.04. The molecule has 2 aromatic carbocycles. The van der Waals surface area contributed by atoms with Gasteiger partial charge in [-0.05, 0) is 87.6 Å². The zero-order valence-electron chi connectivity index (χ0n) is 28.0. The monoisotopic (exact) mass is 601 g/mol. The molecule has 0 spiro atoms. The quantitative estimate of drug-likeness (QED) is 0.193. The lowest BCUT2D eigenvalue weighted by molar-refractivity contribution is 0.0970. The number of nitrogens with zero attached hydrogens (tertiary/aromatic N) is 1. The minimum atomic E-state index is -1.32. The zero-order valence-corrected chi connectivity index (χ0v) is 28.0. The maximum absolute atomic E-state index is 11.4. The predicted octanol–water partition coefficient (Wildman–Crippen LogP) is 9.04. The molecule has 2 aromatic heterocycles. The molecular weight excluding hydrogens is 554 g/mol. The summed E-state index contributed by atoms with van der Waals surface area (Å²) in [4.78, 5) is 18.9. The topological polar surface area (TPSA) is 78.0 Å². The molecule has 0 saturated carbocycles. The van der Waals surface area contributed by atoms with Crippen LogP contribution in [0.15, 0.2) is 137 Å². The normalized spacial score (nSPS) is 14.4. The van der Waals surface area contributed by atoms with Crippen LogP contribution in [0.5, 0.6) is 0 Å². The molecule has 4 aromatic rings. The van der Waals surface area contributed by atoms with Gasteiger partial charge < -0.3 is 15.4 Å². The van der Waals surface area contributed by atoms with Crippen molar-refractivity contribution >= 4 is 17.0 Å². The van der Waals surface area contributed by atoms with Crippen molar-refractivity contribution in [3.05, 3.63) is 165 Å². The summed E-state index contributed by atoms with van der Waals surface area (Å²) in [7, 11) is 0. The van der Waals surface area contributed by atoms with Crippen LogP contribution in [0.25, 0.3) is 17.0 Å². The van der Waals surface area contributed by atoms with Gasteiger partial charge in [0.25, 0.3) is 0 Å². The number of hydrogen-bond acceptors (Lipinski definition) is 4. The molecule has 5 rings (SSSR count). The van der Waals surface area contributed by atoms with E-state index < -0.39 is 5.60 Å². The Kier molecular flexibility index (Phi) is 11.4. The predicted molar refractivity (Wildman–Crippen MR) is 191 cm³/mol. The van der Waals surface area contributed by atoms with Gasteiger partial charge >= 0.3 is 0 Å². The number of aliphatic hydroxyl groups is 1. The average molecular weight is 602 g/mol. The van der Waals surface area contributed by atoms with E-state index in [1.165, 1.54) is 28.3 Å². The number of benzene rings is 2. The molecule has 45 heavy (non-hydrogen) atoms. The van der Waals surface area contributed by atoms with E-state index in [1.807, 2.05) is 63.2 Å². The number of rotatable bonds is 6. The third kappa shape index (κ3) is 8.25. The van der Waals surface area contributed by atoms with Crippen molar-refractivity contribution < 1.29 is 5.11 Å². The second-order valence-corrected chi connectivity index (χ2v) is 11.7. The third-order valence-corrected chi connectivity index (χ3v) is 8.01. The van der Waals surface area contributed by atoms with E-state index in [-0.39, 0.29) is 11.0 Å². The zero-order chi connectivity index (χ0) is 33.4. The first-order valence-corrected chi connectivity index (χ1v) is 15.4. The molecule has 0 saturated heterocycles. The van der Waals surface area contributed by atoms with Gasteiger partial charge in [0.2, 0.25) is 5.56 Å². The van der Waals surface area contributed by atoms with Crippen LogP contribution in [-0.4, -0.2) is 15.1 Å². The SMILES string of the molecule is C=C(/C=C\c1ccccc1C)C(C)(O)c1cccc(=O)[nH]1.C=C1NC(C(C)(C)c2ccc3ccccc3n2)=C(C)C=C1C.CC. The Morgan fingerprint density at radius 1 is 0.889 bits per heavy atom. The van der Waals surface area contributed by atoms with Gasteiger partial charge in [-0.3, -0.25) is 9.78 Å². The van der Waals surface area contributed by atoms with Crippen LogP contribution in [-0.2, 0) is 11.0 Å². The lowest BCUT2D eigenvalue weighted by Crippen LogP contribution is -2.33. The van der Waals surface area contributed by atoms with Gasteiger partial charge in [0, 0.05) is 28.3 Å². The van der Waals surface area contributed by atoms with Crippen LogP contribution in [0.2, 0.25) is 0 Å². The number of allylic oxidation sites excluding steroid dienone is 4. The van der Waals surface area contributed by atoms with Gasteiger partial charge in [-0.1, -0.05) is 99.8 Å². The third-order valence-electron chi connectivity index (χ3n) is 8.01. The molecule has 1 aliphatic rings. The number of hydrogen-bond donors (Lipinski definition) is 3. The Bertz CT molecular complexity index is 1830. The number of nitrogens with one attached hydrogen (secondary N) is 2. The maximum atomic E-state index is 11.4. The molecule has 3 N–H and O–H groups in total. The average Bonchev–Trinajstić information content (AvgIpc) is 3.03. The minimum Gasteiger partial charge on any atom is -0.379 e. The number of aryl methyl sites for hydroxylation is 1. The Balaban J connectivity index is 0.000000233. The number of aromatic nitrogens is 2. The molecule has 234 valence electrons. The number of fused-ring (bicyclic) bond motifs is 1. The fourth-order valence-corrected chi connectivity index (χ4v) is 5.05. The van der Waals surface area contributed by atoms with Crippen molar-refractivity contribution in [2.24, 2.45) is 0 Å². The number of H-pyrrole nitrogens is 1. The summed E-state index contributed by atoms with van der Waals surface area (Å²) >= 11 is 0. The van der Waals surface area contributed by atoms with Gasteiger partial charge in [0.15, 0.2) is 0 Å². The van der Waals surface area contributed by atoms with Crippen LogP contribution >= 0.6 is 0 Å². The highest BCUT2D eigenvalue weighted by molar-refractivity contribution is 5.78. The van der Waals surface area contributed by atoms with Crippen LogP contribution in [0.4, 0.5) is 0 Å². The first-order valence-electron chi connectivity index (χ1n) is 15.4. The van der Waals surface area contributed by atoms with Gasteiger partial charge in [0.05, 0.1) is 16.9 Å². The van der Waals surface area contributed by atoms with Crippen molar-refractivity contribution in [1.82, 2.24) is 15.3 Å². The van der Waals surface area contributed by atoms with Gasteiger partial charge in [-0.25, -0.2) is 0 Å². The fourth-order valence-electron chi connectivity index (χ4n) is 5.05. The van der Waals surface area contributed by atoms with E-state index in [1.54, 1.807) is 25.1 Å².